The third-order valence-electron chi connectivity index (χ3n) is 3.99. The standard InChI is InChI=1S/C16H30N2O/c1-6-8-9-16(14(4)12-19,10-13(3)7-2)15(11-17)18-5/h6-8,11,14,18-19H,9-10,12,17H2,1-5H3/b8-6+,13-7+,15-11-. The Morgan fingerprint density at radius 1 is 1.42 bits per heavy atom. The van der Waals surface area contributed by atoms with Crippen LogP contribution in [0.4, 0.5) is 0 Å². The van der Waals surface area contributed by atoms with Gasteiger partial charge in [0, 0.05) is 31.0 Å². The monoisotopic (exact) mass is 266 g/mol. The molecule has 0 saturated carbocycles. The van der Waals surface area contributed by atoms with E-state index in [9.17, 15) is 5.11 Å². The number of hydrogen-bond donors (Lipinski definition) is 3. The van der Waals surface area contributed by atoms with E-state index >= 15 is 0 Å². The quantitative estimate of drug-likeness (QED) is 0.592. The SMILES string of the molecule is C/C=C/CC(C/C(C)=C/C)(/C(=C/N)NC)C(C)CO. The smallest absolute Gasteiger partial charge is 0.0465 e. The van der Waals surface area contributed by atoms with Gasteiger partial charge in [0.1, 0.15) is 0 Å². The number of allylic oxidation sites excluding steroid dienone is 5. The van der Waals surface area contributed by atoms with Gasteiger partial charge in [-0.15, -0.1) is 0 Å². The predicted molar refractivity (Wildman–Crippen MR) is 83.5 cm³/mol. The Bertz CT molecular complexity index is 345. The van der Waals surface area contributed by atoms with Crippen molar-refractivity contribution in [2.45, 2.75) is 40.5 Å². The lowest BCUT2D eigenvalue weighted by Gasteiger charge is -2.40. The van der Waals surface area contributed by atoms with Crippen LogP contribution in [-0.2, 0) is 0 Å². The molecule has 0 amide bonds. The van der Waals surface area contributed by atoms with Crippen molar-refractivity contribution in [3.8, 4) is 0 Å². The van der Waals surface area contributed by atoms with Gasteiger partial charge in [0.25, 0.3) is 0 Å². The van der Waals surface area contributed by atoms with Crippen LogP contribution < -0.4 is 11.1 Å². The van der Waals surface area contributed by atoms with Gasteiger partial charge in [0.15, 0.2) is 0 Å². The van der Waals surface area contributed by atoms with Crippen LogP contribution in [0.1, 0.15) is 40.5 Å². The molecule has 0 saturated heterocycles. The summed E-state index contributed by atoms with van der Waals surface area (Å²) in [6.07, 6.45) is 9.71. The zero-order chi connectivity index (χ0) is 14.9. The zero-order valence-corrected chi connectivity index (χ0v) is 13.0. The van der Waals surface area contributed by atoms with Crippen molar-refractivity contribution in [2.75, 3.05) is 13.7 Å². The van der Waals surface area contributed by atoms with Gasteiger partial charge in [-0.1, -0.05) is 30.7 Å². The molecule has 19 heavy (non-hydrogen) atoms. The number of aliphatic hydroxyl groups excluding tert-OH is 1. The molecule has 0 fully saturated rings. The molecule has 2 unspecified atom stereocenters. The van der Waals surface area contributed by atoms with Crippen molar-refractivity contribution >= 4 is 0 Å². The molecule has 0 aromatic heterocycles. The lowest BCUT2D eigenvalue weighted by atomic mass is 9.67. The minimum absolute atomic E-state index is 0.126. The highest BCUT2D eigenvalue weighted by Gasteiger charge is 2.38. The first kappa shape index (κ1) is 17.8. The molecule has 3 nitrogen and oxygen atoms in total. The molecule has 4 N–H and O–H groups in total. The maximum atomic E-state index is 9.66. The van der Waals surface area contributed by atoms with Gasteiger partial charge >= 0.3 is 0 Å². The Morgan fingerprint density at radius 3 is 2.42 bits per heavy atom. The molecule has 0 heterocycles. The van der Waals surface area contributed by atoms with Gasteiger partial charge in [-0.3, -0.25) is 0 Å². The summed E-state index contributed by atoms with van der Waals surface area (Å²) in [7, 11) is 1.89. The minimum Gasteiger partial charge on any atom is -0.403 e. The van der Waals surface area contributed by atoms with Gasteiger partial charge < -0.3 is 16.2 Å². The predicted octanol–water partition coefficient (Wildman–Crippen LogP) is 2.94. The molecule has 0 aliphatic carbocycles. The number of nitrogens with two attached hydrogens (primary N) is 1. The van der Waals surface area contributed by atoms with E-state index < -0.39 is 0 Å². The molecule has 0 aromatic rings. The topological polar surface area (TPSA) is 58.3 Å². The van der Waals surface area contributed by atoms with Crippen LogP contribution in [0.2, 0.25) is 0 Å². The number of aliphatic hydroxyl groups is 1. The minimum atomic E-state index is -0.179. The fraction of sp³-hybridized carbons (Fsp3) is 0.625. The third kappa shape index (κ3) is 4.43. The summed E-state index contributed by atoms with van der Waals surface area (Å²) in [4.78, 5) is 0. The fourth-order valence-corrected chi connectivity index (χ4v) is 2.52. The number of rotatable bonds is 8. The Balaban J connectivity index is 5.69. The Kier molecular flexibility index (Phi) is 8.24. The average Bonchev–Trinajstić information content (AvgIpc) is 2.44. The maximum absolute atomic E-state index is 9.66. The van der Waals surface area contributed by atoms with Crippen LogP contribution in [0.3, 0.4) is 0 Å². The van der Waals surface area contributed by atoms with Crippen molar-refractivity contribution in [1.82, 2.24) is 5.32 Å². The molecule has 0 radical (unpaired) electrons. The van der Waals surface area contributed by atoms with Crippen molar-refractivity contribution in [1.29, 1.82) is 0 Å². The lowest BCUT2D eigenvalue weighted by molar-refractivity contribution is 0.125. The Morgan fingerprint density at radius 2 is 2.05 bits per heavy atom. The van der Waals surface area contributed by atoms with E-state index in [0.29, 0.717) is 0 Å². The summed E-state index contributed by atoms with van der Waals surface area (Å²) in [5.74, 6) is 0.126. The summed E-state index contributed by atoms with van der Waals surface area (Å²) < 4.78 is 0. The van der Waals surface area contributed by atoms with Crippen LogP contribution >= 0.6 is 0 Å². The molecular weight excluding hydrogens is 236 g/mol. The second-order valence-corrected chi connectivity index (χ2v) is 5.16. The van der Waals surface area contributed by atoms with Crippen LogP contribution in [-0.4, -0.2) is 18.8 Å². The first-order valence-electron chi connectivity index (χ1n) is 6.96. The largest absolute Gasteiger partial charge is 0.403 e. The molecule has 0 rings (SSSR count). The van der Waals surface area contributed by atoms with E-state index in [0.717, 1.165) is 18.5 Å². The molecule has 3 heteroatoms. The van der Waals surface area contributed by atoms with Crippen LogP contribution in [0.25, 0.3) is 0 Å². The van der Waals surface area contributed by atoms with E-state index in [2.05, 4.69) is 31.3 Å². The van der Waals surface area contributed by atoms with Crippen molar-refractivity contribution in [3.63, 3.8) is 0 Å². The molecule has 0 aliphatic rings. The summed E-state index contributed by atoms with van der Waals surface area (Å²) in [6, 6.07) is 0. The summed E-state index contributed by atoms with van der Waals surface area (Å²) in [5, 5.41) is 12.9. The normalized spacial score (nSPS) is 18.4. The van der Waals surface area contributed by atoms with E-state index in [1.807, 2.05) is 27.0 Å². The van der Waals surface area contributed by atoms with Crippen molar-refractivity contribution < 1.29 is 5.11 Å². The van der Waals surface area contributed by atoms with Crippen molar-refractivity contribution in [3.05, 3.63) is 35.7 Å². The van der Waals surface area contributed by atoms with Gasteiger partial charge in [-0.25, -0.2) is 0 Å². The molecule has 0 bridgehead atoms. The highest BCUT2D eigenvalue weighted by Crippen LogP contribution is 2.43. The van der Waals surface area contributed by atoms with Gasteiger partial charge in [0.2, 0.25) is 0 Å². The van der Waals surface area contributed by atoms with E-state index in [1.165, 1.54) is 5.57 Å². The van der Waals surface area contributed by atoms with Crippen LogP contribution in [0, 0.1) is 11.3 Å². The third-order valence-corrected chi connectivity index (χ3v) is 3.99. The highest BCUT2D eigenvalue weighted by atomic mass is 16.3. The van der Waals surface area contributed by atoms with Gasteiger partial charge in [-0.05, 0) is 39.5 Å². The summed E-state index contributed by atoms with van der Waals surface area (Å²) in [6.45, 7) is 8.41. The van der Waals surface area contributed by atoms with Crippen LogP contribution in [0.15, 0.2) is 35.7 Å². The average molecular weight is 266 g/mol. The fourth-order valence-electron chi connectivity index (χ4n) is 2.52. The number of hydrogen-bond acceptors (Lipinski definition) is 3. The second kappa shape index (κ2) is 8.81. The Hall–Kier alpha value is -1.22. The van der Waals surface area contributed by atoms with Crippen molar-refractivity contribution in [2.24, 2.45) is 17.1 Å². The highest BCUT2D eigenvalue weighted by molar-refractivity contribution is 5.20. The van der Waals surface area contributed by atoms with E-state index in [-0.39, 0.29) is 17.9 Å². The molecular formula is C16H30N2O. The summed E-state index contributed by atoms with van der Waals surface area (Å²) in [5.41, 5.74) is 7.92. The van der Waals surface area contributed by atoms with E-state index in [4.69, 9.17) is 5.73 Å². The first-order valence-corrected chi connectivity index (χ1v) is 6.96. The molecule has 2 atom stereocenters. The molecule has 0 aromatic carbocycles. The first-order chi connectivity index (χ1) is 9.02. The van der Waals surface area contributed by atoms with Gasteiger partial charge in [0.05, 0.1) is 0 Å². The molecule has 110 valence electrons. The summed E-state index contributed by atoms with van der Waals surface area (Å²) >= 11 is 0. The maximum Gasteiger partial charge on any atom is 0.0465 e. The lowest BCUT2D eigenvalue weighted by Crippen LogP contribution is -2.38. The molecule has 0 aliphatic heterocycles. The Labute approximate surface area is 118 Å². The number of nitrogens with one attached hydrogen (secondary N) is 1. The zero-order valence-electron chi connectivity index (χ0n) is 13.0. The van der Waals surface area contributed by atoms with E-state index in [1.54, 1.807) is 6.20 Å². The second-order valence-electron chi connectivity index (χ2n) is 5.16. The van der Waals surface area contributed by atoms with Gasteiger partial charge in [-0.2, -0.15) is 0 Å². The molecule has 0 spiro atoms. The van der Waals surface area contributed by atoms with Crippen LogP contribution in [0.5, 0.6) is 0 Å².